The maximum Gasteiger partial charge on any atom is 0.0491 e. The van der Waals surface area contributed by atoms with Gasteiger partial charge in [0.2, 0.25) is 0 Å². The molecule has 0 N–H and O–H groups in total. The van der Waals surface area contributed by atoms with E-state index in [2.05, 4.69) is 106 Å². The molecule has 0 unspecified atom stereocenters. The highest BCUT2D eigenvalue weighted by atomic mass is 15.0. The van der Waals surface area contributed by atoms with E-state index in [-0.39, 0.29) is 0 Å². The summed E-state index contributed by atoms with van der Waals surface area (Å²) in [5.74, 6) is 0. The number of benzene rings is 4. The lowest BCUT2D eigenvalue weighted by Crippen LogP contribution is -2.04. The molecule has 0 bridgehead atoms. The molecule has 0 spiro atoms. The number of fused-ring (bicyclic) bond motifs is 6. The van der Waals surface area contributed by atoms with Crippen LogP contribution in [0.3, 0.4) is 0 Å². The minimum Gasteiger partial charge on any atom is -0.340 e. The summed E-state index contributed by atoms with van der Waals surface area (Å²) >= 11 is 0. The molecule has 0 amide bonds. The summed E-state index contributed by atoms with van der Waals surface area (Å²) < 4.78 is 4.97. The first-order valence-electron chi connectivity index (χ1n) is 10.3. The van der Waals surface area contributed by atoms with Crippen molar-refractivity contribution in [3.05, 3.63) is 97.1 Å². The third kappa shape index (κ3) is 2.49. The van der Waals surface area contributed by atoms with Gasteiger partial charge in [-0.05, 0) is 30.7 Å². The standard InChI is InChI=1S/C27H22N2/c1-5-14-24-20(10-1)21-11-2-6-15-25(21)28(24)18-9-19-29-26-16-7-3-12-22(26)23-13-4-8-17-27(23)29/h1-8,10-17H,9,18-19H2. The number of rotatable bonds is 4. The Bertz CT molecular complexity index is 1260. The van der Waals surface area contributed by atoms with Crippen LogP contribution in [0.25, 0.3) is 43.6 Å². The van der Waals surface area contributed by atoms with Gasteiger partial charge in [-0.25, -0.2) is 0 Å². The lowest BCUT2D eigenvalue weighted by Gasteiger charge is -2.10. The molecule has 2 aromatic heterocycles. The Hall–Kier alpha value is -3.52. The lowest BCUT2D eigenvalue weighted by atomic mass is 10.2. The number of aromatic nitrogens is 2. The van der Waals surface area contributed by atoms with Gasteiger partial charge in [-0.1, -0.05) is 72.8 Å². The van der Waals surface area contributed by atoms with Gasteiger partial charge in [0.1, 0.15) is 0 Å². The Kier molecular flexibility index (Phi) is 3.70. The minimum atomic E-state index is 1.01. The highest BCUT2D eigenvalue weighted by Gasteiger charge is 2.11. The molecule has 0 atom stereocenters. The second-order valence-electron chi connectivity index (χ2n) is 7.73. The van der Waals surface area contributed by atoms with E-state index in [1.165, 1.54) is 43.6 Å². The molecule has 0 saturated heterocycles. The summed E-state index contributed by atoms with van der Waals surface area (Å²) in [5.41, 5.74) is 5.32. The molecule has 6 rings (SSSR count). The van der Waals surface area contributed by atoms with Gasteiger partial charge in [0.15, 0.2) is 0 Å². The van der Waals surface area contributed by atoms with Gasteiger partial charge in [-0.15, -0.1) is 0 Å². The quantitative estimate of drug-likeness (QED) is 0.315. The van der Waals surface area contributed by atoms with Crippen LogP contribution < -0.4 is 0 Å². The summed E-state index contributed by atoms with van der Waals surface area (Å²) in [6.45, 7) is 2.02. The Morgan fingerprint density at radius 2 is 0.655 bits per heavy atom. The van der Waals surface area contributed by atoms with Crippen LogP contribution in [-0.2, 0) is 13.1 Å². The highest BCUT2D eigenvalue weighted by Crippen LogP contribution is 2.31. The molecule has 0 fully saturated rings. The molecule has 0 radical (unpaired) electrons. The molecule has 140 valence electrons. The monoisotopic (exact) mass is 374 g/mol. The fourth-order valence-corrected chi connectivity index (χ4v) is 4.88. The second kappa shape index (κ2) is 6.52. The van der Waals surface area contributed by atoms with Crippen molar-refractivity contribution in [1.82, 2.24) is 9.13 Å². The van der Waals surface area contributed by atoms with Gasteiger partial charge >= 0.3 is 0 Å². The molecule has 2 heterocycles. The van der Waals surface area contributed by atoms with Crippen molar-refractivity contribution in [3.8, 4) is 0 Å². The zero-order chi connectivity index (χ0) is 19.2. The van der Waals surface area contributed by atoms with Crippen molar-refractivity contribution >= 4 is 43.6 Å². The van der Waals surface area contributed by atoms with Crippen molar-refractivity contribution in [2.24, 2.45) is 0 Å². The van der Waals surface area contributed by atoms with E-state index in [0.717, 1.165) is 19.5 Å². The summed E-state index contributed by atoms with van der Waals surface area (Å²) in [5, 5.41) is 5.39. The van der Waals surface area contributed by atoms with E-state index < -0.39 is 0 Å². The maximum atomic E-state index is 2.48. The minimum absolute atomic E-state index is 1.01. The van der Waals surface area contributed by atoms with E-state index >= 15 is 0 Å². The Labute approximate surface area is 169 Å². The first-order valence-corrected chi connectivity index (χ1v) is 10.3. The van der Waals surface area contributed by atoms with Gasteiger partial charge in [-0.2, -0.15) is 0 Å². The summed E-state index contributed by atoms with van der Waals surface area (Å²) in [7, 11) is 0. The van der Waals surface area contributed by atoms with Crippen LogP contribution in [0, 0.1) is 0 Å². The zero-order valence-corrected chi connectivity index (χ0v) is 16.3. The van der Waals surface area contributed by atoms with Crippen molar-refractivity contribution < 1.29 is 0 Å². The first kappa shape index (κ1) is 16.4. The molecule has 0 aliphatic heterocycles. The van der Waals surface area contributed by atoms with Crippen LogP contribution in [0.5, 0.6) is 0 Å². The largest absolute Gasteiger partial charge is 0.340 e. The van der Waals surface area contributed by atoms with Gasteiger partial charge in [-0.3, -0.25) is 0 Å². The Morgan fingerprint density at radius 3 is 0.966 bits per heavy atom. The molecule has 29 heavy (non-hydrogen) atoms. The molecule has 0 aliphatic rings. The van der Waals surface area contributed by atoms with Crippen LogP contribution in [0.2, 0.25) is 0 Å². The van der Waals surface area contributed by atoms with Gasteiger partial charge in [0, 0.05) is 56.7 Å². The third-order valence-corrected chi connectivity index (χ3v) is 6.12. The van der Waals surface area contributed by atoms with Crippen LogP contribution in [0.4, 0.5) is 0 Å². The maximum absolute atomic E-state index is 2.48. The molecule has 0 aliphatic carbocycles. The zero-order valence-electron chi connectivity index (χ0n) is 16.3. The molecular formula is C27H22N2. The van der Waals surface area contributed by atoms with E-state index in [4.69, 9.17) is 0 Å². The molecule has 2 heteroatoms. The fraction of sp³-hybridized carbons (Fsp3) is 0.111. The van der Waals surface area contributed by atoms with E-state index in [0.29, 0.717) is 0 Å². The molecule has 6 aromatic rings. The van der Waals surface area contributed by atoms with Crippen LogP contribution in [-0.4, -0.2) is 9.13 Å². The average molecular weight is 374 g/mol. The lowest BCUT2D eigenvalue weighted by molar-refractivity contribution is 0.603. The normalized spacial score (nSPS) is 11.9. The third-order valence-electron chi connectivity index (χ3n) is 6.12. The summed E-state index contributed by atoms with van der Waals surface area (Å²) in [6, 6.07) is 35.1. The Balaban J connectivity index is 1.40. The van der Waals surface area contributed by atoms with Gasteiger partial charge in [0.25, 0.3) is 0 Å². The summed E-state index contributed by atoms with van der Waals surface area (Å²) in [6.07, 6.45) is 1.09. The van der Waals surface area contributed by atoms with Crippen molar-refractivity contribution in [3.63, 3.8) is 0 Å². The number of hydrogen-bond acceptors (Lipinski definition) is 0. The number of para-hydroxylation sites is 4. The van der Waals surface area contributed by atoms with E-state index in [1.807, 2.05) is 0 Å². The highest BCUT2D eigenvalue weighted by molar-refractivity contribution is 6.08. The van der Waals surface area contributed by atoms with Crippen LogP contribution >= 0.6 is 0 Å². The SMILES string of the molecule is c1ccc2c(c1)c1ccccc1n2CCCn1c2ccccc2c2ccccc21. The topological polar surface area (TPSA) is 9.86 Å². The van der Waals surface area contributed by atoms with Crippen molar-refractivity contribution in [1.29, 1.82) is 0 Å². The average Bonchev–Trinajstić information content (AvgIpc) is 3.28. The molecule has 0 saturated carbocycles. The predicted octanol–water partition coefficient (Wildman–Crippen LogP) is 6.99. The molecule has 4 aromatic carbocycles. The van der Waals surface area contributed by atoms with E-state index in [1.54, 1.807) is 0 Å². The molecule has 2 nitrogen and oxygen atoms in total. The van der Waals surface area contributed by atoms with Gasteiger partial charge in [0.05, 0.1) is 0 Å². The van der Waals surface area contributed by atoms with Crippen molar-refractivity contribution in [2.45, 2.75) is 19.5 Å². The smallest absolute Gasteiger partial charge is 0.0491 e. The first-order chi connectivity index (χ1) is 14.4. The summed E-state index contributed by atoms with van der Waals surface area (Å²) in [4.78, 5) is 0. The second-order valence-corrected chi connectivity index (χ2v) is 7.73. The molecular weight excluding hydrogens is 352 g/mol. The predicted molar refractivity (Wildman–Crippen MR) is 124 cm³/mol. The fourth-order valence-electron chi connectivity index (χ4n) is 4.88. The Morgan fingerprint density at radius 1 is 0.379 bits per heavy atom. The van der Waals surface area contributed by atoms with Gasteiger partial charge < -0.3 is 9.13 Å². The van der Waals surface area contributed by atoms with Crippen molar-refractivity contribution in [2.75, 3.05) is 0 Å². The number of nitrogens with zero attached hydrogens (tertiary/aromatic N) is 2. The van der Waals surface area contributed by atoms with Crippen LogP contribution in [0.1, 0.15) is 6.42 Å². The number of aryl methyl sites for hydroxylation is 2. The van der Waals surface area contributed by atoms with Crippen LogP contribution in [0.15, 0.2) is 97.1 Å². The van der Waals surface area contributed by atoms with E-state index in [9.17, 15) is 0 Å². The number of hydrogen-bond donors (Lipinski definition) is 0.